The van der Waals surface area contributed by atoms with Crippen LogP contribution < -0.4 is 11.1 Å². The molecule has 0 atom stereocenters. The highest BCUT2D eigenvalue weighted by atomic mass is 16.5. The summed E-state index contributed by atoms with van der Waals surface area (Å²) in [5.41, 5.74) is 7.17. The van der Waals surface area contributed by atoms with Gasteiger partial charge in [-0.15, -0.1) is 0 Å². The monoisotopic (exact) mass is 302 g/mol. The predicted molar refractivity (Wildman–Crippen MR) is 85.6 cm³/mol. The van der Waals surface area contributed by atoms with E-state index in [2.05, 4.69) is 10.4 Å². The van der Waals surface area contributed by atoms with Gasteiger partial charge in [-0.2, -0.15) is 5.10 Å². The van der Waals surface area contributed by atoms with Crippen molar-refractivity contribution in [2.45, 2.75) is 26.3 Å². The van der Waals surface area contributed by atoms with Crippen molar-refractivity contribution in [1.82, 2.24) is 9.78 Å². The molecular weight excluding hydrogens is 280 g/mol. The Hall–Kier alpha value is -1.92. The molecule has 1 saturated heterocycles. The number of nitrogens with one attached hydrogen (secondary N) is 1. The summed E-state index contributed by atoms with van der Waals surface area (Å²) in [5.74, 6) is -0.0137. The molecule has 2 aromatic rings. The Morgan fingerprint density at radius 2 is 2.23 bits per heavy atom. The third-order valence-corrected chi connectivity index (χ3v) is 4.52. The number of rotatable bonds is 4. The van der Waals surface area contributed by atoms with E-state index < -0.39 is 5.41 Å². The van der Waals surface area contributed by atoms with Gasteiger partial charge >= 0.3 is 0 Å². The summed E-state index contributed by atoms with van der Waals surface area (Å²) in [5, 5.41) is 8.41. The number of aryl methyl sites for hydroxylation is 1. The Morgan fingerprint density at radius 3 is 2.91 bits per heavy atom. The second-order valence-corrected chi connectivity index (χ2v) is 5.78. The molecule has 0 radical (unpaired) electrons. The van der Waals surface area contributed by atoms with Crippen LogP contribution in [0.4, 0.5) is 5.69 Å². The number of benzene rings is 1. The molecule has 1 aliphatic rings. The Morgan fingerprint density at radius 1 is 1.45 bits per heavy atom. The molecule has 1 aliphatic heterocycles. The van der Waals surface area contributed by atoms with Crippen LogP contribution in [0.5, 0.6) is 0 Å². The molecule has 22 heavy (non-hydrogen) atoms. The maximum atomic E-state index is 12.7. The second-order valence-electron chi connectivity index (χ2n) is 5.78. The van der Waals surface area contributed by atoms with E-state index in [1.54, 1.807) is 0 Å². The van der Waals surface area contributed by atoms with Gasteiger partial charge in [0.2, 0.25) is 5.91 Å². The number of carbonyl (C=O) groups is 1. The van der Waals surface area contributed by atoms with Crippen LogP contribution in [0.2, 0.25) is 0 Å². The normalized spacial score (nSPS) is 17.5. The van der Waals surface area contributed by atoms with Crippen molar-refractivity contribution in [2.24, 2.45) is 11.1 Å². The van der Waals surface area contributed by atoms with Crippen molar-refractivity contribution >= 4 is 22.5 Å². The molecule has 0 unspecified atom stereocenters. The summed E-state index contributed by atoms with van der Waals surface area (Å²) in [7, 11) is 0. The van der Waals surface area contributed by atoms with Crippen molar-refractivity contribution in [3.63, 3.8) is 0 Å². The van der Waals surface area contributed by atoms with Gasteiger partial charge in [0, 0.05) is 37.4 Å². The molecule has 1 fully saturated rings. The number of nitrogens with two attached hydrogens (primary N) is 1. The van der Waals surface area contributed by atoms with Crippen LogP contribution in [0.15, 0.2) is 24.4 Å². The number of hydrogen-bond acceptors (Lipinski definition) is 4. The Labute approximate surface area is 129 Å². The van der Waals surface area contributed by atoms with E-state index in [4.69, 9.17) is 10.5 Å². The SMILES string of the molecule is CCn1ncc2ccc(NC(=O)C3(CN)CCOCC3)cc21. The lowest BCUT2D eigenvalue weighted by Gasteiger charge is -2.34. The lowest BCUT2D eigenvalue weighted by Crippen LogP contribution is -2.46. The fourth-order valence-corrected chi connectivity index (χ4v) is 2.95. The molecule has 1 aromatic carbocycles. The van der Waals surface area contributed by atoms with Crippen molar-refractivity contribution in [1.29, 1.82) is 0 Å². The van der Waals surface area contributed by atoms with Gasteiger partial charge in [-0.25, -0.2) is 0 Å². The third kappa shape index (κ3) is 2.60. The highest BCUT2D eigenvalue weighted by Crippen LogP contribution is 2.31. The Balaban J connectivity index is 1.83. The van der Waals surface area contributed by atoms with Crippen LogP contribution in [0.3, 0.4) is 0 Å². The number of hydrogen-bond donors (Lipinski definition) is 2. The highest BCUT2D eigenvalue weighted by molar-refractivity contribution is 5.97. The molecule has 0 bridgehead atoms. The summed E-state index contributed by atoms with van der Waals surface area (Å²) in [4.78, 5) is 12.7. The number of anilines is 1. The minimum absolute atomic E-state index is 0.0137. The molecule has 2 heterocycles. The number of amides is 1. The van der Waals surface area contributed by atoms with E-state index in [9.17, 15) is 4.79 Å². The summed E-state index contributed by atoms with van der Waals surface area (Å²) >= 11 is 0. The van der Waals surface area contributed by atoms with Gasteiger partial charge in [-0.05, 0) is 38.0 Å². The molecule has 3 N–H and O–H groups in total. The summed E-state index contributed by atoms with van der Waals surface area (Å²) in [6.45, 7) is 4.37. The van der Waals surface area contributed by atoms with Gasteiger partial charge in [0.1, 0.15) is 0 Å². The van der Waals surface area contributed by atoms with E-state index >= 15 is 0 Å². The Bertz CT molecular complexity index is 674. The van der Waals surface area contributed by atoms with Crippen molar-refractivity contribution in [3.05, 3.63) is 24.4 Å². The number of carbonyl (C=O) groups excluding carboxylic acids is 1. The van der Waals surface area contributed by atoms with Crippen LogP contribution in [0, 0.1) is 5.41 Å². The zero-order valence-electron chi connectivity index (χ0n) is 12.8. The first-order valence-corrected chi connectivity index (χ1v) is 7.73. The van der Waals surface area contributed by atoms with Crippen molar-refractivity contribution in [2.75, 3.05) is 25.1 Å². The largest absolute Gasteiger partial charge is 0.381 e. The van der Waals surface area contributed by atoms with E-state index in [1.165, 1.54) is 0 Å². The molecule has 6 nitrogen and oxygen atoms in total. The number of nitrogens with zero attached hydrogens (tertiary/aromatic N) is 2. The summed E-state index contributed by atoms with van der Waals surface area (Å²) < 4.78 is 7.27. The fourth-order valence-electron chi connectivity index (χ4n) is 2.95. The Kier molecular flexibility index (Phi) is 4.13. The first-order valence-electron chi connectivity index (χ1n) is 7.73. The quantitative estimate of drug-likeness (QED) is 0.901. The average molecular weight is 302 g/mol. The van der Waals surface area contributed by atoms with E-state index in [0.29, 0.717) is 32.6 Å². The summed E-state index contributed by atoms with van der Waals surface area (Å²) in [6, 6.07) is 5.85. The zero-order chi connectivity index (χ0) is 15.6. The lowest BCUT2D eigenvalue weighted by atomic mass is 9.79. The van der Waals surface area contributed by atoms with E-state index in [1.807, 2.05) is 36.0 Å². The molecule has 0 spiro atoms. The minimum atomic E-state index is -0.516. The second kappa shape index (κ2) is 6.06. The third-order valence-electron chi connectivity index (χ3n) is 4.52. The van der Waals surface area contributed by atoms with E-state index in [0.717, 1.165) is 23.1 Å². The van der Waals surface area contributed by atoms with Crippen LogP contribution in [0.25, 0.3) is 10.9 Å². The molecule has 6 heteroatoms. The smallest absolute Gasteiger partial charge is 0.232 e. The van der Waals surface area contributed by atoms with Crippen LogP contribution >= 0.6 is 0 Å². The van der Waals surface area contributed by atoms with Crippen LogP contribution in [-0.4, -0.2) is 35.4 Å². The van der Waals surface area contributed by atoms with Gasteiger partial charge < -0.3 is 15.8 Å². The van der Waals surface area contributed by atoms with Gasteiger partial charge in [0.15, 0.2) is 0 Å². The van der Waals surface area contributed by atoms with Gasteiger partial charge in [0.05, 0.1) is 17.1 Å². The zero-order valence-corrected chi connectivity index (χ0v) is 12.8. The van der Waals surface area contributed by atoms with Gasteiger partial charge in [-0.3, -0.25) is 9.48 Å². The maximum absolute atomic E-state index is 12.7. The van der Waals surface area contributed by atoms with E-state index in [-0.39, 0.29) is 5.91 Å². The number of ether oxygens (including phenoxy) is 1. The molecule has 1 amide bonds. The van der Waals surface area contributed by atoms with Crippen LogP contribution in [-0.2, 0) is 16.1 Å². The lowest BCUT2D eigenvalue weighted by molar-refractivity contribution is -0.130. The van der Waals surface area contributed by atoms with Gasteiger partial charge in [-0.1, -0.05) is 0 Å². The molecule has 0 aliphatic carbocycles. The first kappa shape index (κ1) is 15.0. The maximum Gasteiger partial charge on any atom is 0.232 e. The topological polar surface area (TPSA) is 82.2 Å². The standard InChI is InChI=1S/C16H22N4O2/c1-2-20-14-9-13(4-3-12(14)10-18-20)19-15(21)16(11-17)5-7-22-8-6-16/h3-4,9-10H,2,5-8,11,17H2,1H3,(H,19,21). The number of aromatic nitrogens is 2. The number of fused-ring (bicyclic) bond motifs is 1. The van der Waals surface area contributed by atoms with Crippen molar-refractivity contribution in [3.8, 4) is 0 Å². The predicted octanol–water partition coefficient (Wildman–Crippen LogP) is 1.75. The summed E-state index contributed by atoms with van der Waals surface area (Å²) in [6.07, 6.45) is 3.18. The molecule has 118 valence electrons. The average Bonchev–Trinajstić information content (AvgIpc) is 2.97. The molecular formula is C16H22N4O2. The van der Waals surface area contributed by atoms with Gasteiger partial charge in [0.25, 0.3) is 0 Å². The molecule has 0 saturated carbocycles. The molecule has 3 rings (SSSR count). The van der Waals surface area contributed by atoms with Crippen LogP contribution in [0.1, 0.15) is 19.8 Å². The fraction of sp³-hybridized carbons (Fsp3) is 0.500. The highest BCUT2D eigenvalue weighted by Gasteiger charge is 2.38. The van der Waals surface area contributed by atoms with Crippen molar-refractivity contribution < 1.29 is 9.53 Å². The minimum Gasteiger partial charge on any atom is -0.381 e. The first-order chi connectivity index (χ1) is 10.7. The molecule has 1 aromatic heterocycles.